The minimum Gasteiger partial charge on any atom is -0.357 e. The number of rotatable bonds is 9. The molecule has 0 aromatic rings. The standard InChI is InChI=1S/C21H41N5O/c1-3-22-21(24-14-10-19-11-17-25(4-2)18-12-19)23-13-8-16-26-15-7-5-6-9-20(26)27/h19H,3-18H2,1-2H3,(H2,22,23,24). The van der Waals surface area contributed by atoms with Gasteiger partial charge in [0, 0.05) is 39.1 Å². The first-order chi connectivity index (χ1) is 13.2. The maximum Gasteiger partial charge on any atom is 0.222 e. The average Bonchev–Trinajstić information content (AvgIpc) is 2.90. The Balaban J connectivity index is 1.63. The molecule has 1 amide bonds. The highest BCUT2D eigenvalue weighted by atomic mass is 16.2. The third-order valence-electron chi connectivity index (χ3n) is 5.87. The summed E-state index contributed by atoms with van der Waals surface area (Å²) in [6, 6.07) is 0. The number of likely N-dealkylation sites (tertiary alicyclic amines) is 2. The summed E-state index contributed by atoms with van der Waals surface area (Å²) in [4.78, 5) is 21.3. The lowest BCUT2D eigenvalue weighted by atomic mass is 9.93. The van der Waals surface area contributed by atoms with Crippen LogP contribution in [-0.4, -0.2) is 74.0 Å². The molecule has 0 aromatic carbocycles. The topological polar surface area (TPSA) is 60.0 Å². The van der Waals surface area contributed by atoms with E-state index in [0.29, 0.717) is 5.91 Å². The summed E-state index contributed by atoms with van der Waals surface area (Å²) in [5, 5.41) is 6.84. The van der Waals surface area contributed by atoms with Gasteiger partial charge in [-0.05, 0) is 71.0 Å². The molecule has 0 bridgehead atoms. The van der Waals surface area contributed by atoms with Crippen molar-refractivity contribution in [3.05, 3.63) is 0 Å². The zero-order valence-corrected chi connectivity index (χ0v) is 17.6. The summed E-state index contributed by atoms with van der Waals surface area (Å²) in [7, 11) is 0. The fourth-order valence-electron chi connectivity index (χ4n) is 4.06. The number of guanidine groups is 1. The van der Waals surface area contributed by atoms with Crippen LogP contribution in [0.3, 0.4) is 0 Å². The van der Waals surface area contributed by atoms with Gasteiger partial charge in [0.05, 0.1) is 0 Å². The van der Waals surface area contributed by atoms with E-state index in [9.17, 15) is 4.79 Å². The number of hydrogen-bond acceptors (Lipinski definition) is 3. The highest BCUT2D eigenvalue weighted by Crippen LogP contribution is 2.19. The lowest BCUT2D eigenvalue weighted by Crippen LogP contribution is -2.39. The molecule has 0 spiro atoms. The van der Waals surface area contributed by atoms with Crippen molar-refractivity contribution in [2.45, 2.75) is 65.2 Å². The second kappa shape index (κ2) is 13.0. The van der Waals surface area contributed by atoms with E-state index < -0.39 is 0 Å². The van der Waals surface area contributed by atoms with Crippen molar-refractivity contribution in [3.63, 3.8) is 0 Å². The summed E-state index contributed by atoms with van der Waals surface area (Å²) < 4.78 is 0. The lowest BCUT2D eigenvalue weighted by Gasteiger charge is -2.31. The fraction of sp³-hybridized carbons (Fsp3) is 0.905. The van der Waals surface area contributed by atoms with Crippen molar-refractivity contribution in [3.8, 4) is 0 Å². The number of nitrogens with one attached hydrogen (secondary N) is 2. The minimum atomic E-state index is 0.329. The minimum absolute atomic E-state index is 0.329. The fourth-order valence-corrected chi connectivity index (χ4v) is 4.06. The summed E-state index contributed by atoms with van der Waals surface area (Å²) in [6.07, 6.45) is 8.94. The second-order valence-electron chi connectivity index (χ2n) is 7.90. The van der Waals surface area contributed by atoms with Gasteiger partial charge in [0.15, 0.2) is 5.96 Å². The number of aliphatic imine (C=N–C) groups is 1. The van der Waals surface area contributed by atoms with Gasteiger partial charge < -0.3 is 20.4 Å². The third kappa shape index (κ3) is 8.50. The van der Waals surface area contributed by atoms with Gasteiger partial charge in [0.2, 0.25) is 5.91 Å². The van der Waals surface area contributed by atoms with Gasteiger partial charge in [0.1, 0.15) is 0 Å². The van der Waals surface area contributed by atoms with Crippen molar-refractivity contribution in [2.75, 3.05) is 52.4 Å². The van der Waals surface area contributed by atoms with Crippen molar-refractivity contribution >= 4 is 11.9 Å². The highest BCUT2D eigenvalue weighted by molar-refractivity contribution is 5.79. The molecule has 2 N–H and O–H groups in total. The van der Waals surface area contributed by atoms with Gasteiger partial charge in [-0.25, -0.2) is 0 Å². The summed E-state index contributed by atoms with van der Waals surface area (Å²) in [5.74, 6) is 2.10. The van der Waals surface area contributed by atoms with Crippen LogP contribution in [0.5, 0.6) is 0 Å². The first-order valence-corrected chi connectivity index (χ1v) is 11.2. The monoisotopic (exact) mass is 379 g/mol. The predicted molar refractivity (Wildman–Crippen MR) is 113 cm³/mol. The molecule has 2 aliphatic heterocycles. The molecule has 0 unspecified atom stereocenters. The van der Waals surface area contributed by atoms with Crippen LogP contribution < -0.4 is 10.6 Å². The van der Waals surface area contributed by atoms with Gasteiger partial charge in [-0.15, -0.1) is 0 Å². The third-order valence-corrected chi connectivity index (χ3v) is 5.87. The molecule has 2 aliphatic rings. The van der Waals surface area contributed by atoms with E-state index in [2.05, 4.69) is 29.4 Å². The number of nitrogens with zero attached hydrogens (tertiary/aromatic N) is 3. The number of carbonyl (C=O) groups excluding carboxylic acids is 1. The van der Waals surface area contributed by atoms with E-state index in [4.69, 9.17) is 4.99 Å². The zero-order valence-electron chi connectivity index (χ0n) is 17.6. The van der Waals surface area contributed by atoms with E-state index >= 15 is 0 Å². The summed E-state index contributed by atoms with van der Waals surface area (Å²) in [6.45, 7) is 12.5. The molecule has 27 heavy (non-hydrogen) atoms. The quantitative estimate of drug-likeness (QED) is 0.367. The normalized spacial score (nSPS) is 20.6. The maximum absolute atomic E-state index is 12.0. The van der Waals surface area contributed by atoms with Crippen LogP contribution in [-0.2, 0) is 4.79 Å². The van der Waals surface area contributed by atoms with Gasteiger partial charge in [0.25, 0.3) is 0 Å². The molecule has 0 atom stereocenters. The zero-order chi connectivity index (χ0) is 19.3. The van der Waals surface area contributed by atoms with E-state index in [1.165, 1.54) is 45.3 Å². The van der Waals surface area contributed by atoms with Crippen LogP contribution in [0.1, 0.15) is 65.2 Å². The average molecular weight is 380 g/mol. The van der Waals surface area contributed by atoms with Crippen LogP contribution in [0.15, 0.2) is 4.99 Å². The maximum atomic E-state index is 12.0. The Bertz CT molecular complexity index is 446. The molecule has 0 aromatic heterocycles. The van der Waals surface area contributed by atoms with E-state index in [-0.39, 0.29) is 0 Å². The molecule has 2 fully saturated rings. The van der Waals surface area contributed by atoms with Crippen LogP contribution in [0.4, 0.5) is 0 Å². The van der Waals surface area contributed by atoms with Gasteiger partial charge >= 0.3 is 0 Å². The van der Waals surface area contributed by atoms with Gasteiger partial charge in [-0.3, -0.25) is 9.79 Å². The number of amides is 1. The lowest BCUT2D eigenvalue weighted by molar-refractivity contribution is -0.130. The summed E-state index contributed by atoms with van der Waals surface area (Å²) >= 11 is 0. The van der Waals surface area contributed by atoms with Crippen LogP contribution in [0, 0.1) is 5.92 Å². The Labute approximate surface area is 166 Å². The van der Waals surface area contributed by atoms with E-state index in [1.807, 2.05) is 4.90 Å². The first-order valence-electron chi connectivity index (χ1n) is 11.2. The molecular weight excluding hydrogens is 338 g/mol. The largest absolute Gasteiger partial charge is 0.357 e. The Morgan fingerprint density at radius 3 is 2.67 bits per heavy atom. The van der Waals surface area contributed by atoms with Crippen LogP contribution in [0.2, 0.25) is 0 Å². The molecule has 0 radical (unpaired) electrons. The highest BCUT2D eigenvalue weighted by Gasteiger charge is 2.18. The second-order valence-corrected chi connectivity index (χ2v) is 7.90. The Hall–Kier alpha value is -1.30. The molecule has 0 saturated carbocycles. The molecule has 6 nitrogen and oxygen atoms in total. The van der Waals surface area contributed by atoms with Gasteiger partial charge in [-0.2, -0.15) is 0 Å². The van der Waals surface area contributed by atoms with E-state index in [1.54, 1.807) is 0 Å². The predicted octanol–water partition coefficient (Wildman–Crippen LogP) is 2.46. The molecule has 2 saturated heterocycles. The number of carbonyl (C=O) groups is 1. The molecular formula is C21H41N5O. The van der Waals surface area contributed by atoms with Crippen molar-refractivity contribution < 1.29 is 4.79 Å². The van der Waals surface area contributed by atoms with Crippen LogP contribution >= 0.6 is 0 Å². The molecule has 6 heteroatoms. The van der Waals surface area contributed by atoms with Crippen molar-refractivity contribution in [1.29, 1.82) is 0 Å². The molecule has 0 aliphatic carbocycles. The molecule has 156 valence electrons. The molecule has 2 rings (SSSR count). The summed E-state index contributed by atoms with van der Waals surface area (Å²) in [5.41, 5.74) is 0. The van der Waals surface area contributed by atoms with Gasteiger partial charge in [-0.1, -0.05) is 13.3 Å². The van der Waals surface area contributed by atoms with Crippen molar-refractivity contribution in [2.24, 2.45) is 10.9 Å². The smallest absolute Gasteiger partial charge is 0.222 e. The number of hydrogen-bond donors (Lipinski definition) is 2. The Kier molecular flexibility index (Phi) is 10.6. The Morgan fingerprint density at radius 2 is 1.93 bits per heavy atom. The SMILES string of the molecule is CCNC(=NCCCN1CCCCCC1=O)NCCC1CCN(CC)CC1. The van der Waals surface area contributed by atoms with Crippen LogP contribution in [0.25, 0.3) is 0 Å². The first kappa shape index (κ1) is 22.0. The van der Waals surface area contributed by atoms with Crippen molar-refractivity contribution in [1.82, 2.24) is 20.4 Å². The molecule has 2 heterocycles. The Morgan fingerprint density at radius 1 is 1.11 bits per heavy atom. The number of piperidine rings is 1. The van der Waals surface area contributed by atoms with E-state index in [0.717, 1.165) is 70.3 Å².